The summed E-state index contributed by atoms with van der Waals surface area (Å²) in [6, 6.07) is 19.9. The zero-order chi connectivity index (χ0) is 21.5. The van der Waals surface area contributed by atoms with Crippen LogP contribution in [0.5, 0.6) is 0 Å². The van der Waals surface area contributed by atoms with Crippen LogP contribution in [0.2, 0.25) is 5.02 Å². The van der Waals surface area contributed by atoms with E-state index in [1.807, 2.05) is 19.1 Å². The first-order valence-electron chi connectivity index (χ1n) is 9.90. The molecule has 0 aliphatic carbocycles. The van der Waals surface area contributed by atoms with Gasteiger partial charge in [-0.25, -0.2) is 4.98 Å². The third kappa shape index (κ3) is 6.13. The van der Waals surface area contributed by atoms with Crippen LogP contribution in [0.15, 0.2) is 66.9 Å². The molecule has 0 saturated carbocycles. The summed E-state index contributed by atoms with van der Waals surface area (Å²) in [6.45, 7) is 3.33. The lowest BCUT2D eigenvalue weighted by Gasteiger charge is -2.16. The minimum absolute atomic E-state index is 0.143. The SMILES string of the molecule is C[C@@H](NCc1ccccc1-c1ccc(CN(C)C)cc1)C(=O)Nc1ccc(Cl)cn1. The number of hydrogen-bond donors (Lipinski definition) is 2. The number of pyridine rings is 1. The van der Waals surface area contributed by atoms with Crippen LogP contribution in [0.25, 0.3) is 11.1 Å². The summed E-state index contributed by atoms with van der Waals surface area (Å²) < 4.78 is 0. The van der Waals surface area contributed by atoms with Crippen molar-refractivity contribution < 1.29 is 4.79 Å². The number of hydrogen-bond acceptors (Lipinski definition) is 4. The van der Waals surface area contributed by atoms with E-state index in [0.717, 1.165) is 23.2 Å². The van der Waals surface area contributed by atoms with E-state index in [1.165, 1.54) is 11.8 Å². The van der Waals surface area contributed by atoms with E-state index < -0.39 is 0 Å². The number of carbonyl (C=O) groups is 1. The number of rotatable bonds is 8. The molecule has 0 aliphatic rings. The van der Waals surface area contributed by atoms with Gasteiger partial charge in [-0.2, -0.15) is 0 Å². The zero-order valence-electron chi connectivity index (χ0n) is 17.5. The van der Waals surface area contributed by atoms with Gasteiger partial charge in [0.05, 0.1) is 11.1 Å². The van der Waals surface area contributed by atoms with Crippen molar-refractivity contribution in [2.24, 2.45) is 0 Å². The normalized spacial score (nSPS) is 12.0. The molecule has 0 aliphatic heterocycles. The molecule has 5 nitrogen and oxygen atoms in total. The van der Waals surface area contributed by atoms with Crippen molar-refractivity contribution >= 4 is 23.3 Å². The van der Waals surface area contributed by atoms with Crippen LogP contribution >= 0.6 is 11.6 Å². The van der Waals surface area contributed by atoms with Crippen molar-refractivity contribution in [3.8, 4) is 11.1 Å². The van der Waals surface area contributed by atoms with Crippen molar-refractivity contribution in [3.63, 3.8) is 0 Å². The maximum atomic E-state index is 12.4. The minimum Gasteiger partial charge on any atom is -0.309 e. The third-order valence-electron chi connectivity index (χ3n) is 4.75. The maximum Gasteiger partial charge on any atom is 0.242 e. The molecule has 30 heavy (non-hydrogen) atoms. The van der Waals surface area contributed by atoms with Gasteiger partial charge in [0.15, 0.2) is 0 Å². The number of nitrogens with zero attached hydrogens (tertiary/aromatic N) is 2. The molecular weight excluding hydrogens is 396 g/mol. The third-order valence-corrected chi connectivity index (χ3v) is 4.98. The first-order chi connectivity index (χ1) is 14.4. The molecule has 156 valence electrons. The van der Waals surface area contributed by atoms with Gasteiger partial charge in [0.25, 0.3) is 0 Å². The van der Waals surface area contributed by atoms with Gasteiger partial charge in [-0.15, -0.1) is 0 Å². The summed E-state index contributed by atoms with van der Waals surface area (Å²) >= 11 is 5.83. The van der Waals surface area contributed by atoms with Crippen LogP contribution in [0.4, 0.5) is 5.82 Å². The Bertz CT molecular complexity index is 971. The molecule has 2 N–H and O–H groups in total. The topological polar surface area (TPSA) is 57.3 Å². The zero-order valence-corrected chi connectivity index (χ0v) is 18.3. The van der Waals surface area contributed by atoms with E-state index >= 15 is 0 Å². The van der Waals surface area contributed by atoms with Gasteiger partial charge >= 0.3 is 0 Å². The molecule has 0 bridgehead atoms. The molecule has 1 heterocycles. The highest BCUT2D eigenvalue weighted by Gasteiger charge is 2.14. The van der Waals surface area contributed by atoms with Crippen LogP contribution in [0.1, 0.15) is 18.1 Å². The average molecular weight is 423 g/mol. The van der Waals surface area contributed by atoms with Crippen LogP contribution in [-0.4, -0.2) is 35.9 Å². The van der Waals surface area contributed by atoms with Gasteiger partial charge in [-0.3, -0.25) is 4.79 Å². The number of benzene rings is 2. The predicted molar refractivity (Wildman–Crippen MR) is 123 cm³/mol. The van der Waals surface area contributed by atoms with Crippen LogP contribution < -0.4 is 10.6 Å². The molecular formula is C24H27ClN4O. The fraction of sp³-hybridized carbons (Fsp3) is 0.250. The monoisotopic (exact) mass is 422 g/mol. The number of amides is 1. The summed E-state index contributed by atoms with van der Waals surface area (Å²) in [5, 5.41) is 6.64. The standard InChI is InChI=1S/C24H27ClN4O/c1-17(24(30)28-23-13-12-21(25)15-27-23)26-14-20-6-4-5-7-22(20)19-10-8-18(9-11-19)16-29(2)3/h4-13,15,17,26H,14,16H2,1-3H3,(H,27,28,30)/t17-/m1/s1. The summed E-state index contributed by atoms with van der Waals surface area (Å²) in [7, 11) is 4.13. The van der Waals surface area contributed by atoms with Crippen molar-refractivity contribution in [2.45, 2.75) is 26.1 Å². The quantitative estimate of drug-likeness (QED) is 0.557. The molecule has 1 amide bonds. The number of anilines is 1. The summed E-state index contributed by atoms with van der Waals surface area (Å²) in [5.74, 6) is 0.339. The van der Waals surface area contributed by atoms with Gasteiger partial charge < -0.3 is 15.5 Å². The molecule has 1 atom stereocenters. The summed E-state index contributed by atoms with van der Waals surface area (Å²) in [6.07, 6.45) is 1.51. The molecule has 0 fully saturated rings. The summed E-state index contributed by atoms with van der Waals surface area (Å²) in [5.41, 5.74) is 4.74. The second kappa shape index (κ2) is 10.3. The van der Waals surface area contributed by atoms with E-state index in [1.54, 1.807) is 12.1 Å². The predicted octanol–water partition coefficient (Wildman–Crippen LogP) is 4.58. The van der Waals surface area contributed by atoms with E-state index in [9.17, 15) is 4.79 Å². The highest BCUT2D eigenvalue weighted by atomic mass is 35.5. The second-order valence-corrected chi connectivity index (χ2v) is 7.98. The first kappa shape index (κ1) is 22.0. The number of halogens is 1. The van der Waals surface area contributed by atoms with E-state index in [2.05, 4.69) is 71.0 Å². The van der Waals surface area contributed by atoms with E-state index in [-0.39, 0.29) is 11.9 Å². The highest BCUT2D eigenvalue weighted by molar-refractivity contribution is 6.30. The Balaban J connectivity index is 1.64. The smallest absolute Gasteiger partial charge is 0.242 e. The van der Waals surface area contributed by atoms with Crippen molar-refractivity contribution in [1.29, 1.82) is 0 Å². The largest absolute Gasteiger partial charge is 0.309 e. The molecule has 2 aromatic carbocycles. The first-order valence-corrected chi connectivity index (χ1v) is 10.3. The van der Waals surface area contributed by atoms with Gasteiger partial charge in [0.2, 0.25) is 5.91 Å². The van der Waals surface area contributed by atoms with Gasteiger partial charge in [0.1, 0.15) is 5.82 Å². The molecule has 0 unspecified atom stereocenters. The van der Waals surface area contributed by atoms with Gasteiger partial charge in [-0.05, 0) is 55.4 Å². The molecule has 0 radical (unpaired) electrons. The van der Waals surface area contributed by atoms with Crippen LogP contribution in [0, 0.1) is 0 Å². The van der Waals surface area contributed by atoms with Crippen molar-refractivity contribution in [2.75, 3.05) is 19.4 Å². The van der Waals surface area contributed by atoms with Crippen LogP contribution in [-0.2, 0) is 17.9 Å². The average Bonchev–Trinajstić information content (AvgIpc) is 2.74. The Labute approximate surface area is 183 Å². The Morgan fingerprint density at radius 2 is 1.80 bits per heavy atom. The Morgan fingerprint density at radius 1 is 1.07 bits per heavy atom. The Hall–Kier alpha value is -2.73. The van der Waals surface area contributed by atoms with E-state index in [0.29, 0.717) is 17.4 Å². The molecule has 0 spiro atoms. The molecule has 3 rings (SSSR count). The lowest BCUT2D eigenvalue weighted by atomic mass is 9.98. The number of nitrogens with one attached hydrogen (secondary N) is 2. The van der Waals surface area contributed by atoms with Gasteiger partial charge in [0, 0.05) is 19.3 Å². The molecule has 1 aromatic heterocycles. The van der Waals surface area contributed by atoms with Crippen molar-refractivity contribution in [3.05, 3.63) is 83.0 Å². The molecule has 0 saturated heterocycles. The maximum absolute atomic E-state index is 12.4. The second-order valence-electron chi connectivity index (χ2n) is 7.55. The van der Waals surface area contributed by atoms with Crippen LogP contribution in [0.3, 0.4) is 0 Å². The lowest BCUT2D eigenvalue weighted by Crippen LogP contribution is -2.37. The Kier molecular flexibility index (Phi) is 7.57. The highest BCUT2D eigenvalue weighted by Crippen LogP contribution is 2.24. The van der Waals surface area contributed by atoms with Crippen molar-refractivity contribution in [1.82, 2.24) is 15.2 Å². The van der Waals surface area contributed by atoms with E-state index in [4.69, 9.17) is 11.6 Å². The minimum atomic E-state index is -0.377. The fourth-order valence-corrected chi connectivity index (χ4v) is 3.26. The number of carbonyl (C=O) groups excluding carboxylic acids is 1. The fourth-order valence-electron chi connectivity index (χ4n) is 3.15. The lowest BCUT2D eigenvalue weighted by molar-refractivity contribution is -0.117. The molecule has 6 heteroatoms. The Morgan fingerprint density at radius 3 is 2.47 bits per heavy atom. The van der Waals surface area contributed by atoms with Gasteiger partial charge in [-0.1, -0.05) is 60.1 Å². The molecule has 3 aromatic rings. The summed E-state index contributed by atoms with van der Waals surface area (Å²) in [4.78, 5) is 18.7. The number of aromatic nitrogens is 1.